The Morgan fingerprint density at radius 3 is 2.38 bits per heavy atom. The van der Waals surface area contributed by atoms with Crippen molar-refractivity contribution in [2.75, 3.05) is 0 Å². The molecular formula is C23H24N2Se. The van der Waals surface area contributed by atoms with Crippen molar-refractivity contribution >= 4 is 36.2 Å². The van der Waals surface area contributed by atoms with E-state index in [0.717, 1.165) is 17.6 Å². The number of benzene rings is 2. The number of nitrogens with zero attached hydrogens (tertiary/aromatic N) is 2. The zero-order valence-corrected chi connectivity index (χ0v) is 17.8. The van der Waals surface area contributed by atoms with Crippen LogP contribution in [0.2, 0.25) is 0 Å². The molecule has 2 heterocycles. The summed E-state index contributed by atoms with van der Waals surface area (Å²) in [6, 6.07) is 13.5. The summed E-state index contributed by atoms with van der Waals surface area (Å²) in [5.74, 6) is 0. The predicted molar refractivity (Wildman–Crippen MR) is 112 cm³/mol. The van der Waals surface area contributed by atoms with E-state index < -0.39 is 0 Å². The molecule has 0 spiro atoms. The van der Waals surface area contributed by atoms with Crippen LogP contribution in [0, 0.1) is 19.3 Å². The van der Waals surface area contributed by atoms with Crippen molar-refractivity contribution < 1.29 is 0 Å². The van der Waals surface area contributed by atoms with Crippen molar-refractivity contribution in [3.05, 3.63) is 58.3 Å². The van der Waals surface area contributed by atoms with Crippen LogP contribution in [0.5, 0.6) is 0 Å². The topological polar surface area (TPSA) is 25.8 Å². The van der Waals surface area contributed by atoms with Crippen LogP contribution in [-0.4, -0.2) is 24.5 Å². The van der Waals surface area contributed by atoms with E-state index in [0.29, 0.717) is 19.9 Å². The minimum atomic E-state index is 0.291. The van der Waals surface area contributed by atoms with Crippen LogP contribution >= 0.6 is 0 Å². The molecule has 0 N–H and O–H groups in total. The first kappa shape index (κ1) is 17.5. The summed E-state index contributed by atoms with van der Waals surface area (Å²) in [5.41, 5.74) is 5.23. The Kier molecular flexibility index (Phi) is 4.25. The van der Waals surface area contributed by atoms with Gasteiger partial charge in [-0.05, 0) is 0 Å². The molecule has 4 rings (SSSR count). The average molecular weight is 407 g/mol. The Hall–Kier alpha value is -1.96. The Morgan fingerprint density at radius 1 is 0.923 bits per heavy atom. The third-order valence-electron chi connectivity index (χ3n) is 4.82. The van der Waals surface area contributed by atoms with Crippen molar-refractivity contribution in [3.63, 3.8) is 0 Å². The molecule has 0 saturated heterocycles. The van der Waals surface area contributed by atoms with Gasteiger partial charge in [-0.25, -0.2) is 0 Å². The van der Waals surface area contributed by atoms with E-state index in [1.54, 1.807) is 6.33 Å². The zero-order chi connectivity index (χ0) is 18.5. The predicted octanol–water partition coefficient (Wildman–Crippen LogP) is 5.71. The van der Waals surface area contributed by atoms with Crippen molar-refractivity contribution in [1.82, 2.24) is 9.97 Å². The summed E-state index contributed by atoms with van der Waals surface area (Å²) in [5, 5.41) is 3.65. The van der Waals surface area contributed by atoms with Crippen LogP contribution < -0.4 is 0 Å². The van der Waals surface area contributed by atoms with E-state index in [1.807, 2.05) is 0 Å². The molecule has 2 aromatic carbocycles. The van der Waals surface area contributed by atoms with E-state index in [4.69, 9.17) is 0 Å². The second-order valence-corrected chi connectivity index (χ2v) is 11.0. The van der Waals surface area contributed by atoms with Crippen molar-refractivity contribution in [1.29, 1.82) is 0 Å². The molecule has 0 fully saturated rings. The van der Waals surface area contributed by atoms with Gasteiger partial charge in [0.1, 0.15) is 0 Å². The number of aryl methyl sites for hydroxylation is 2. The Balaban J connectivity index is 1.90. The third kappa shape index (κ3) is 3.22. The fourth-order valence-electron chi connectivity index (χ4n) is 3.52. The molecule has 132 valence electrons. The maximum atomic E-state index is 4.64. The van der Waals surface area contributed by atoms with E-state index in [2.05, 4.69) is 81.0 Å². The molecule has 2 nitrogen and oxygen atoms in total. The van der Waals surface area contributed by atoms with E-state index >= 15 is 0 Å². The van der Waals surface area contributed by atoms with Crippen LogP contribution in [0.3, 0.4) is 0 Å². The monoisotopic (exact) mass is 408 g/mol. The molecule has 26 heavy (non-hydrogen) atoms. The van der Waals surface area contributed by atoms with Crippen LogP contribution in [0.1, 0.15) is 36.3 Å². The SMILES string of the molecule is Cc1cc(-c2ncnc3c2ccc2cc(CC(C)(C)C)ccc23)[se]c1C. The Bertz CT molecular complexity index is 1100. The van der Waals surface area contributed by atoms with Gasteiger partial charge < -0.3 is 0 Å². The molecule has 0 aliphatic rings. The first-order valence-electron chi connectivity index (χ1n) is 9.06. The van der Waals surface area contributed by atoms with Gasteiger partial charge in [0.15, 0.2) is 0 Å². The van der Waals surface area contributed by atoms with Crippen LogP contribution in [0.4, 0.5) is 0 Å². The molecule has 3 heteroatoms. The number of hydrogen-bond donors (Lipinski definition) is 0. The van der Waals surface area contributed by atoms with Gasteiger partial charge in [-0.3, -0.25) is 0 Å². The van der Waals surface area contributed by atoms with Crippen molar-refractivity contribution in [2.24, 2.45) is 5.41 Å². The van der Waals surface area contributed by atoms with Crippen molar-refractivity contribution in [3.8, 4) is 10.1 Å². The molecule has 2 aromatic heterocycles. The molecule has 4 aromatic rings. The second kappa shape index (κ2) is 6.33. The number of hydrogen-bond acceptors (Lipinski definition) is 2. The molecule has 0 amide bonds. The van der Waals surface area contributed by atoms with Crippen LogP contribution in [0.15, 0.2) is 42.7 Å². The molecule has 0 saturated carbocycles. The molecule has 0 aliphatic carbocycles. The van der Waals surface area contributed by atoms with E-state index in [1.165, 1.54) is 36.2 Å². The van der Waals surface area contributed by atoms with Gasteiger partial charge >= 0.3 is 161 Å². The van der Waals surface area contributed by atoms with Crippen LogP contribution in [-0.2, 0) is 6.42 Å². The van der Waals surface area contributed by atoms with Gasteiger partial charge in [0.05, 0.1) is 0 Å². The van der Waals surface area contributed by atoms with E-state index in [-0.39, 0.29) is 0 Å². The number of aromatic nitrogens is 2. The quantitative estimate of drug-likeness (QED) is 0.314. The summed E-state index contributed by atoms with van der Waals surface area (Å²) in [6.07, 6.45) is 2.80. The normalized spacial score (nSPS) is 12.2. The van der Waals surface area contributed by atoms with Gasteiger partial charge in [0.2, 0.25) is 0 Å². The van der Waals surface area contributed by atoms with Gasteiger partial charge in [-0.2, -0.15) is 0 Å². The minimum absolute atomic E-state index is 0.291. The summed E-state index contributed by atoms with van der Waals surface area (Å²) in [7, 11) is 0. The molecular weight excluding hydrogens is 383 g/mol. The maximum absolute atomic E-state index is 4.64. The molecule has 0 aliphatic heterocycles. The standard InChI is InChI=1S/C23H24N2Se/c1-14-10-20(26-15(14)2)22-19-9-7-17-11-16(12-23(3,4)5)6-8-18(17)21(19)24-13-25-22/h6-11,13H,12H2,1-5H3. The number of fused-ring (bicyclic) bond motifs is 3. The van der Waals surface area contributed by atoms with Gasteiger partial charge in [-0.1, -0.05) is 0 Å². The van der Waals surface area contributed by atoms with Crippen LogP contribution in [0.25, 0.3) is 31.8 Å². The Labute approximate surface area is 161 Å². The molecule has 0 bridgehead atoms. The summed E-state index contributed by atoms with van der Waals surface area (Å²) < 4.78 is 2.86. The number of rotatable bonds is 2. The third-order valence-corrected chi connectivity index (χ3v) is 7.25. The summed E-state index contributed by atoms with van der Waals surface area (Å²) >= 11 is 0.372. The summed E-state index contributed by atoms with van der Waals surface area (Å²) in [6.45, 7) is 11.3. The molecule has 0 atom stereocenters. The molecule has 0 radical (unpaired) electrons. The molecule has 0 unspecified atom stereocenters. The first-order chi connectivity index (χ1) is 12.3. The van der Waals surface area contributed by atoms with Gasteiger partial charge in [0, 0.05) is 0 Å². The van der Waals surface area contributed by atoms with Gasteiger partial charge in [0.25, 0.3) is 0 Å². The second-order valence-electron chi connectivity index (χ2n) is 8.33. The van der Waals surface area contributed by atoms with Gasteiger partial charge in [-0.15, -0.1) is 0 Å². The van der Waals surface area contributed by atoms with E-state index in [9.17, 15) is 0 Å². The fraction of sp³-hybridized carbons (Fsp3) is 0.304. The first-order valence-corrected chi connectivity index (χ1v) is 10.8. The summed E-state index contributed by atoms with van der Waals surface area (Å²) in [4.78, 5) is 9.28. The average Bonchev–Trinajstić information content (AvgIpc) is 2.91. The zero-order valence-electron chi connectivity index (χ0n) is 16.1. The fourth-order valence-corrected chi connectivity index (χ4v) is 5.71. The Morgan fingerprint density at radius 2 is 1.69 bits per heavy atom. The van der Waals surface area contributed by atoms with Crippen molar-refractivity contribution in [2.45, 2.75) is 41.0 Å².